The molecule has 0 atom stereocenters. The molecule has 0 aliphatic carbocycles. The molecule has 0 amide bonds. The van der Waals surface area contributed by atoms with E-state index >= 15 is 0 Å². The van der Waals surface area contributed by atoms with Gasteiger partial charge in [0.05, 0.1) is 26.0 Å². The van der Waals surface area contributed by atoms with Crippen LogP contribution in [0.15, 0.2) is 119 Å². The Morgan fingerprint density at radius 1 is 0.484 bits per heavy atom. The molecule has 6 rings (SSSR count). The zero-order valence-electron chi connectivity index (χ0n) is 34.4. The van der Waals surface area contributed by atoms with Crippen LogP contribution in [0.3, 0.4) is 0 Å². The molecule has 0 aliphatic rings. The molecule has 6 aromatic carbocycles. The third kappa shape index (κ3) is 2.97. The molecule has 0 saturated heterocycles. The maximum Gasteiger partial charge on any atom is 0.0636 e. The standard InChI is InChI=1S/C30H19Br/c31-30-27-16-5-3-14-25(27)29(26-15-4-6-17-28(26)30)22-12-7-11-21(19-22)24-18-8-10-20-9-1-2-13-23(20)24/h1-19H/i1D,2D,3D,4D,5D,6D,7D,8D,9D,10D,11D,12D,13D,14D,15D,16D,17D,18D,19D. The molecule has 0 radical (unpaired) electrons. The highest BCUT2D eigenvalue weighted by Crippen LogP contribution is 2.42. The Labute approximate surface area is 216 Å². The van der Waals surface area contributed by atoms with Crippen LogP contribution in [0.4, 0.5) is 0 Å². The van der Waals surface area contributed by atoms with Crippen LogP contribution in [-0.2, 0) is 0 Å². The van der Waals surface area contributed by atoms with Gasteiger partial charge in [-0.3, -0.25) is 0 Å². The van der Waals surface area contributed by atoms with Crippen molar-refractivity contribution in [3.63, 3.8) is 0 Å². The van der Waals surface area contributed by atoms with Gasteiger partial charge in [-0.25, -0.2) is 0 Å². The van der Waals surface area contributed by atoms with Gasteiger partial charge in [0.2, 0.25) is 0 Å². The lowest BCUT2D eigenvalue weighted by Crippen LogP contribution is -1.88. The topological polar surface area (TPSA) is 0 Å². The van der Waals surface area contributed by atoms with E-state index in [1.54, 1.807) is 0 Å². The zero-order valence-corrected chi connectivity index (χ0v) is 17.0. The minimum absolute atomic E-state index is 0.146. The number of fused-ring (bicyclic) bond motifs is 3. The normalized spacial score (nSPS) is 20.0. The van der Waals surface area contributed by atoms with Crippen molar-refractivity contribution in [1.82, 2.24) is 0 Å². The number of hydrogen-bond acceptors (Lipinski definition) is 0. The van der Waals surface area contributed by atoms with E-state index in [1.165, 1.54) is 0 Å². The molecule has 0 nitrogen and oxygen atoms in total. The van der Waals surface area contributed by atoms with E-state index in [2.05, 4.69) is 15.9 Å². The van der Waals surface area contributed by atoms with Gasteiger partial charge >= 0.3 is 0 Å². The van der Waals surface area contributed by atoms with Crippen LogP contribution in [-0.4, -0.2) is 0 Å². The molecule has 0 spiro atoms. The fourth-order valence-electron chi connectivity index (χ4n) is 3.42. The van der Waals surface area contributed by atoms with Crippen LogP contribution >= 0.6 is 15.9 Å². The molecule has 0 bridgehead atoms. The van der Waals surface area contributed by atoms with Crippen molar-refractivity contribution in [2.24, 2.45) is 0 Å². The molecule has 0 aliphatic heterocycles. The quantitative estimate of drug-likeness (QED) is 0.218. The van der Waals surface area contributed by atoms with Gasteiger partial charge in [-0.1, -0.05) is 109 Å². The Morgan fingerprint density at radius 2 is 1.00 bits per heavy atom. The summed E-state index contributed by atoms with van der Waals surface area (Å²) >= 11 is 3.28. The molecule has 0 saturated carbocycles. The van der Waals surface area contributed by atoms with Gasteiger partial charge in [0.1, 0.15) is 0 Å². The van der Waals surface area contributed by atoms with Crippen molar-refractivity contribution in [2.75, 3.05) is 0 Å². The highest BCUT2D eigenvalue weighted by molar-refractivity contribution is 9.10. The second-order valence-electron chi connectivity index (χ2n) is 6.44. The van der Waals surface area contributed by atoms with Crippen molar-refractivity contribution in [3.05, 3.63) is 119 Å². The van der Waals surface area contributed by atoms with E-state index in [0.717, 1.165) is 0 Å². The summed E-state index contributed by atoms with van der Waals surface area (Å²) in [6, 6.07) is -14.6. The minimum Gasteiger partial charge on any atom is -0.0616 e. The first-order chi connectivity index (χ1) is 23.2. The first-order valence-corrected chi connectivity index (χ1v) is 9.73. The summed E-state index contributed by atoms with van der Waals surface area (Å²) in [7, 11) is 0. The molecular weight excluding hydrogens is 440 g/mol. The van der Waals surface area contributed by atoms with Gasteiger partial charge in [0.15, 0.2) is 0 Å². The summed E-state index contributed by atoms with van der Waals surface area (Å²) in [5.74, 6) is 0. The van der Waals surface area contributed by atoms with Crippen molar-refractivity contribution >= 4 is 48.2 Å². The van der Waals surface area contributed by atoms with Gasteiger partial charge in [-0.05, 0) is 76.5 Å². The number of halogens is 1. The van der Waals surface area contributed by atoms with E-state index in [9.17, 15) is 1.37 Å². The third-order valence-corrected chi connectivity index (χ3v) is 5.54. The number of rotatable bonds is 2. The van der Waals surface area contributed by atoms with Gasteiger partial charge in [-0.2, -0.15) is 0 Å². The molecule has 0 N–H and O–H groups in total. The Morgan fingerprint density at radius 3 is 1.71 bits per heavy atom. The van der Waals surface area contributed by atoms with Gasteiger partial charge < -0.3 is 0 Å². The average molecular weight is 479 g/mol. The summed E-state index contributed by atoms with van der Waals surface area (Å²) in [6.07, 6.45) is 0. The SMILES string of the molecule is [2H]c1c([2H])c(-c2c([2H])c([2H])c([2H])c3c([2H])c([2H])c([2H])c([2H])c23)c([2H])c(-c2c3c([2H])c([2H])c([2H])c([2H])c3c(Br)c3c([2H])c([2H])c([2H])c([2H])c23)c1[2H]. The summed E-state index contributed by atoms with van der Waals surface area (Å²) in [5, 5.41) is -2.37. The Hall–Kier alpha value is -3.42. The molecule has 0 fully saturated rings. The van der Waals surface area contributed by atoms with Crippen molar-refractivity contribution in [2.45, 2.75) is 0 Å². The monoisotopic (exact) mass is 477 g/mol. The lowest BCUT2D eigenvalue weighted by molar-refractivity contribution is 1.63. The third-order valence-electron chi connectivity index (χ3n) is 4.75. The highest BCUT2D eigenvalue weighted by Gasteiger charge is 2.14. The summed E-state index contributed by atoms with van der Waals surface area (Å²) in [5.41, 5.74) is -2.41. The maximum atomic E-state index is 9.46. The molecule has 0 aromatic heterocycles. The molecule has 1 heteroatoms. The Bertz CT molecular complexity index is 2510. The van der Waals surface area contributed by atoms with Gasteiger partial charge in [0, 0.05) is 4.47 Å². The summed E-state index contributed by atoms with van der Waals surface area (Å²) < 4.78 is 164. The second-order valence-corrected chi connectivity index (χ2v) is 7.23. The minimum atomic E-state index is -0.910. The van der Waals surface area contributed by atoms with E-state index < -0.39 is 159 Å². The smallest absolute Gasteiger partial charge is 0.0616 e. The fourth-order valence-corrected chi connectivity index (χ4v) is 4.02. The lowest BCUT2D eigenvalue weighted by atomic mass is 9.90. The molecule has 146 valence electrons. The van der Waals surface area contributed by atoms with Crippen LogP contribution < -0.4 is 0 Å². The van der Waals surface area contributed by atoms with Crippen molar-refractivity contribution in [3.8, 4) is 22.3 Å². The van der Waals surface area contributed by atoms with E-state index in [-0.39, 0.29) is 15.2 Å². The van der Waals surface area contributed by atoms with Gasteiger partial charge in [0.25, 0.3) is 0 Å². The van der Waals surface area contributed by atoms with Gasteiger partial charge in [-0.15, -0.1) is 0 Å². The average Bonchev–Trinajstić information content (AvgIpc) is 3.08. The highest BCUT2D eigenvalue weighted by atomic mass is 79.9. The second kappa shape index (κ2) is 7.37. The van der Waals surface area contributed by atoms with Crippen LogP contribution in [0.25, 0.3) is 54.6 Å². The van der Waals surface area contributed by atoms with Crippen LogP contribution in [0, 0.1) is 0 Å². The molecule has 0 unspecified atom stereocenters. The predicted octanol–water partition coefficient (Wildman–Crippen LogP) is 9.24. The Balaban J connectivity index is 2.01. The molecule has 6 aromatic rings. The molecule has 0 heterocycles. The lowest BCUT2D eigenvalue weighted by Gasteiger charge is -2.15. The van der Waals surface area contributed by atoms with E-state index in [4.69, 9.17) is 24.7 Å². The first kappa shape index (κ1) is 7.32. The number of benzene rings is 6. The summed E-state index contributed by atoms with van der Waals surface area (Å²) in [6.45, 7) is 0. The number of hydrogen-bond donors (Lipinski definition) is 0. The zero-order chi connectivity index (χ0) is 37.3. The maximum absolute atomic E-state index is 9.46. The van der Waals surface area contributed by atoms with Crippen LogP contribution in [0.1, 0.15) is 26.0 Å². The summed E-state index contributed by atoms with van der Waals surface area (Å²) in [4.78, 5) is 0. The van der Waals surface area contributed by atoms with E-state index in [1.807, 2.05) is 0 Å². The predicted molar refractivity (Wildman–Crippen MR) is 138 cm³/mol. The fraction of sp³-hybridized carbons (Fsp3) is 0. The van der Waals surface area contributed by atoms with E-state index in [0.29, 0.717) is 0 Å². The first-order valence-electron chi connectivity index (χ1n) is 18.4. The Kier molecular flexibility index (Phi) is 1.74. The van der Waals surface area contributed by atoms with Crippen LogP contribution in [0.5, 0.6) is 0 Å². The van der Waals surface area contributed by atoms with Crippen molar-refractivity contribution < 1.29 is 26.0 Å². The molecular formula is C30H19Br. The van der Waals surface area contributed by atoms with Crippen LogP contribution in [0.2, 0.25) is 0 Å². The largest absolute Gasteiger partial charge is 0.0636 e. The van der Waals surface area contributed by atoms with Crippen molar-refractivity contribution in [1.29, 1.82) is 0 Å². The molecule has 31 heavy (non-hydrogen) atoms.